The number of likely N-dealkylation sites (N-methyl/N-ethyl adjacent to an activating group) is 1. The number of hydrogen-bond donors (Lipinski definition) is 1. The third-order valence-corrected chi connectivity index (χ3v) is 2.94. The number of nitrogens with zero attached hydrogens (tertiary/aromatic N) is 4. The van der Waals surface area contributed by atoms with Gasteiger partial charge in [0.2, 0.25) is 0 Å². The molecular formula is C10H14N4O3. The summed E-state index contributed by atoms with van der Waals surface area (Å²) in [6.07, 6.45) is 1.31. The lowest BCUT2D eigenvalue weighted by molar-refractivity contribution is 0.0694. The SMILES string of the molecule is CN1CCN(Cc2c(C(=O)O)cnn2C)C1=O. The Labute approximate surface area is 98.2 Å². The third kappa shape index (κ3) is 1.95. The first-order valence-corrected chi connectivity index (χ1v) is 5.25. The molecule has 0 spiro atoms. The van der Waals surface area contributed by atoms with Crippen molar-refractivity contribution in [2.45, 2.75) is 6.54 Å². The fourth-order valence-corrected chi connectivity index (χ4v) is 1.86. The highest BCUT2D eigenvalue weighted by Gasteiger charge is 2.27. The van der Waals surface area contributed by atoms with Crippen molar-refractivity contribution in [2.75, 3.05) is 20.1 Å². The first-order valence-electron chi connectivity index (χ1n) is 5.25. The Morgan fingerprint density at radius 2 is 2.18 bits per heavy atom. The van der Waals surface area contributed by atoms with E-state index in [4.69, 9.17) is 5.11 Å². The number of aromatic carboxylic acids is 1. The van der Waals surface area contributed by atoms with Gasteiger partial charge in [-0.25, -0.2) is 9.59 Å². The van der Waals surface area contributed by atoms with Gasteiger partial charge in [0.1, 0.15) is 5.56 Å². The predicted molar refractivity (Wildman–Crippen MR) is 58.6 cm³/mol. The topological polar surface area (TPSA) is 78.7 Å². The van der Waals surface area contributed by atoms with Gasteiger partial charge in [0.25, 0.3) is 0 Å². The minimum atomic E-state index is -1.02. The zero-order chi connectivity index (χ0) is 12.6. The largest absolute Gasteiger partial charge is 0.478 e. The second-order valence-corrected chi connectivity index (χ2v) is 4.06. The van der Waals surface area contributed by atoms with E-state index in [0.717, 1.165) is 0 Å². The molecule has 0 aromatic carbocycles. The average molecular weight is 238 g/mol. The molecule has 92 valence electrons. The highest BCUT2D eigenvalue weighted by molar-refractivity contribution is 5.88. The molecule has 1 aliphatic heterocycles. The summed E-state index contributed by atoms with van der Waals surface area (Å²) in [5.74, 6) is -1.02. The van der Waals surface area contributed by atoms with Crippen LogP contribution in [0.25, 0.3) is 0 Å². The zero-order valence-electron chi connectivity index (χ0n) is 9.75. The van der Waals surface area contributed by atoms with Crippen LogP contribution in [0.5, 0.6) is 0 Å². The minimum absolute atomic E-state index is 0.0810. The summed E-state index contributed by atoms with van der Waals surface area (Å²) in [6.45, 7) is 1.56. The van der Waals surface area contributed by atoms with E-state index in [9.17, 15) is 9.59 Å². The molecule has 7 nitrogen and oxygen atoms in total. The van der Waals surface area contributed by atoms with Gasteiger partial charge in [-0.2, -0.15) is 5.10 Å². The predicted octanol–water partition coefficient (Wildman–Crippen LogP) is -0.0143. The van der Waals surface area contributed by atoms with Crippen LogP contribution in [0.15, 0.2) is 6.20 Å². The molecule has 0 atom stereocenters. The van der Waals surface area contributed by atoms with Crippen LogP contribution in [0.2, 0.25) is 0 Å². The highest BCUT2D eigenvalue weighted by atomic mass is 16.4. The molecule has 17 heavy (non-hydrogen) atoms. The summed E-state index contributed by atoms with van der Waals surface area (Å²) in [5.41, 5.74) is 0.691. The number of rotatable bonds is 3. The molecular weight excluding hydrogens is 224 g/mol. The van der Waals surface area contributed by atoms with E-state index in [1.54, 1.807) is 23.9 Å². The molecule has 0 aliphatic carbocycles. The molecule has 1 aliphatic rings. The Morgan fingerprint density at radius 3 is 2.71 bits per heavy atom. The van der Waals surface area contributed by atoms with Crippen LogP contribution in [0.1, 0.15) is 16.1 Å². The van der Waals surface area contributed by atoms with E-state index in [-0.39, 0.29) is 18.1 Å². The van der Waals surface area contributed by atoms with Gasteiger partial charge in [0, 0.05) is 27.2 Å². The monoisotopic (exact) mass is 238 g/mol. The molecule has 0 radical (unpaired) electrons. The zero-order valence-corrected chi connectivity index (χ0v) is 9.75. The Kier molecular flexibility index (Phi) is 2.74. The average Bonchev–Trinajstić information content (AvgIpc) is 2.78. The lowest BCUT2D eigenvalue weighted by atomic mass is 10.2. The van der Waals surface area contributed by atoms with Crippen LogP contribution in [-0.4, -0.2) is 56.8 Å². The van der Waals surface area contributed by atoms with Crippen molar-refractivity contribution in [3.8, 4) is 0 Å². The van der Waals surface area contributed by atoms with Crippen molar-refractivity contribution in [2.24, 2.45) is 7.05 Å². The molecule has 0 saturated carbocycles. The summed E-state index contributed by atoms with van der Waals surface area (Å²) in [4.78, 5) is 25.9. The number of carboxylic acid groups (broad SMARTS) is 1. The van der Waals surface area contributed by atoms with Crippen molar-refractivity contribution in [1.82, 2.24) is 19.6 Å². The number of aromatic nitrogens is 2. The third-order valence-electron chi connectivity index (χ3n) is 2.94. The maximum Gasteiger partial charge on any atom is 0.339 e. The summed E-state index contributed by atoms with van der Waals surface area (Å²) >= 11 is 0. The van der Waals surface area contributed by atoms with Crippen LogP contribution in [0.4, 0.5) is 4.79 Å². The van der Waals surface area contributed by atoms with Gasteiger partial charge in [-0.05, 0) is 0 Å². The van der Waals surface area contributed by atoms with Gasteiger partial charge < -0.3 is 14.9 Å². The summed E-state index contributed by atoms with van der Waals surface area (Å²) < 4.78 is 1.50. The number of carboxylic acids is 1. The normalized spacial score (nSPS) is 15.8. The first-order chi connectivity index (χ1) is 8.00. The van der Waals surface area contributed by atoms with E-state index < -0.39 is 5.97 Å². The molecule has 1 aromatic heterocycles. The van der Waals surface area contributed by atoms with Crippen molar-refractivity contribution < 1.29 is 14.7 Å². The van der Waals surface area contributed by atoms with Gasteiger partial charge in [-0.3, -0.25) is 4.68 Å². The highest BCUT2D eigenvalue weighted by Crippen LogP contribution is 2.15. The lowest BCUT2D eigenvalue weighted by Crippen LogP contribution is -2.30. The van der Waals surface area contributed by atoms with Crippen molar-refractivity contribution in [1.29, 1.82) is 0 Å². The van der Waals surface area contributed by atoms with Crippen molar-refractivity contribution in [3.63, 3.8) is 0 Å². The van der Waals surface area contributed by atoms with Gasteiger partial charge in [-0.15, -0.1) is 0 Å². The van der Waals surface area contributed by atoms with Gasteiger partial charge >= 0.3 is 12.0 Å². The van der Waals surface area contributed by atoms with Gasteiger partial charge in [0.05, 0.1) is 18.4 Å². The molecule has 0 unspecified atom stereocenters. The summed E-state index contributed by atoms with van der Waals surface area (Å²) in [6, 6.07) is -0.0810. The van der Waals surface area contributed by atoms with Crippen molar-refractivity contribution >= 4 is 12.0 Å². The first kappa shape index (κ1) is 11.4. The van der Waals surface area contributed by atoms with Crippen LogP contribution < -0.4 is 0 Å². The smallest absolute Gasteiger partial charge is 0.339 e. The molecule has 1 aromatic rings. The molecule has 1 fully saturated rings. The summed E-state index contributed by atoms with van der Waals surface area (Å²) in [5, 5.41) is 12.9. The Morgan fingerprint density at radius 1 is 1.47 bits per heavy atom. The molecule has 1 N–H and O–H groups in total. The Bertz CT molecular complexity index is 468. The van der Waals surface area contributed by atoms with Gasteiger partial charge in [0.15, 0.2) is 0 Å². The van der Waals surface area contributed by atoms with Gasteiger partial charge in [-0.1, -0.05) is 0 Å². The van der Waals surface area contributed by atoms with E-state index in [1.807, 2.05) is 0 Å². The number of carbonyl (C=O) groups excluding carboxylic acids is 1. The van der Waals surface area contributed by atoms with Crippen LogP contribution in [0, 0.1) is 0 Å². The van der Waals surface area contributed by atoms with E-state index in [2.05, 4.69) is 5.10 Å². The van der Waals surface area contributed by atoms with Crippen molar-refractivity contribution in [3.05, 3.63) is 17.5 Å². The lowest BCUT2D eigenvalue weighted by Gasteiger charge is -2.16. The molecule has 7 heteroatoms. The standard InChI is InChI=1S/C10H14N4O3/c1-12-3-4-14(10(12)17)6-8-7(9(15)16)5-11-13(8)2/h5H,3-4,6H2,1-2H3,(H,15,16). The van der Waals surface area contributed by atoms with E-state index in [1.165, 1.54) is 10.9 Å². The Hall–Kier alpha value is -2.05. The number of amides is 2. The molecule has 2 rings (SSSR count). The van der Waals surface area contributed by atoms with Crippen LogP contribution in [0.3, 0.4) is 0 Å². The second-order valence-electron chi connectivity index (χ2n) is 4.06. The Balaban J connectivity index is 2.21. The second kappa shape index (κ2) is 4.08. The molecule has 2 heterocycles. The number of hydrogen-bond acceptors (Lipinski definition) is 3. The molecule has 0 bridgehead atoms. The fourth-order valence-electron chi connectivity index (χ4n) is 1.86. The van der Waals surface area contributed by atoms with Crippen LogP contribution in [-0.2, 0) is 13.6 Å². The van der Waals surface area contributed by atoms with E-state index in [0.29, 0.717) is 18.8 Å². The van der Waals surface area contributed by atoms with E-state index >= 15 is 0 Å². The molecule has 2 amide bonds. The quantitative estimate of drug-likeness (QED) is 0.803. The maximum atomic E-state index is 11.7. The number of aryl methyl sites for hydroxylation is 1. The molecule has 1 saturated heterocycles. The minimum Gasteiger partial charge on any atom is -0.478 e. The van der Waals surface area contributed by atoms with Crippen LogP contribution >= 0.6 is 0 Å². The summed E-state index contributed by atoms with van der Waals surface area (Å²) in [7, 11) is 3.40. The fraction of sp³-hybridized carbons (Fsp3) is 0.500. The maximum absolute atomic E-state index is 11.7. The number of carbonyl (C=O) groups is 2. The number of urea groups is 1.